The van der Waals surface area contributed by atoms with Crippen LogP contribution < -0.4 is 10.6 Å². The minimum absolute atomic E-state index is 0.168. The van der Waals surface area contributed by atoms with E-state index in [4.69, 9.17) is 0 Å². The Morgan fingerprint density at radius 1 is 1.13 bits per heavy atom. The van der Waals surface area contributed by atoms with Crippen LogP contribution in [0.2, 0.25) is 0 Å². The molecule has 3 amide bonds. The highest BCUT2D eigenvalue weighted by Crippen LogP contribution is 2.34. The molecule has 1 saturated heterocycles. The number of urea groups is 1. The van der Waals surface area contributed by atoms with Crippen LogP contribution in [0, 0.1) is 19.7 Å². The third-order valence-electron chi connectivity index (χ3n) is 5.36. The number of halogens is 1. The van der Waals surface area contributed by atoms with Gasteiger partial charge in [0.1, 0.15) is 10.8 Å². The van der Waals surface area contributed by atoms with E-state index in [-0.39, 0.29) is 17.1 Å². The normalized spacial score (nSPS) is 15.7. The zero-order chi connectivity index (χ0) is 22.0. The fourth-order valence-corrected chi connectivity index (χ4v) is 4.44. The molecule has 160 valence electrons. The Morgan fingerprint density at radius 2 is 1.94 bits per heavy atom. The van der Waals surface area contributed by atoms with Crippen molar-refractivity contribution in [2.45, 2.75) is 32.7 Å². The number of carbonyl (C=O) groups is 2. The Balaban J connectivity index is 1.46. The fourth-order valence-electron chi connectivity index (χ4n) is 3.55. The van der Waals surface area contributed by atoms with Crippen molar-refractivity contribution in [2.75, 3.05) is 17.2 Å². The molecule has 31 heavy (non-hydrogen) atoms. The van der Waals surface area contributed by atoms with Crippen LogP contribution in [0.25, 0.3) is 0 Å². The van der Waals surface area contributed by atoms with Gasteiger partial charge < -0.3 is 15.5 Å². The SMILES string of the molecule is Cc1cccc(NC(=O)N2CCCC2c2nnc(C(=O)Nc3cccc(F)c3)s2)c1C. The smallest absolute Gasteiger partial charge is 0.320 e. The Bertz CT molecular complexity index is 1130. The summed E-state index contributed by atoms with van der Waals surface area (Å²) in [7, 11) is 0. The highest BCUT2D eigenvalue weighted by Gasteiger charge is 2.33. The molecule has 2 heterocycles. The highest BCUT2D eigenvalue weighted by molar-refractivity contribution is 7.13. The number of amides is 3. The number of hydrogen-bond donors (Lipinski definition) is 2. The average Bonchev–Trinajstić information content (AvgIpc) is 3.41. The summed E-state index contributed by atoms with van der Waals surface area (Å²) in [4.78, 5) is 27.1. The van der Waals surface area contributed by atoms with Gasteiger partial charge in [0.15, 0.2) is 0 Å². The van der Waals surface area contributed by atoms with Crippen LogP contribution in [0.4, 0.5) is 20.6 Å². The molecule has 9 heteroatoms. The summed E-state index contributed by atoms with van der Waals surface area (Å²) in [6.07, 6.45) is 1.59. The summed E-state index contributed by atoms with van der Waals surface area (Å²) in [5.41, 5.74) is 3.26. The van der Waals surface area contributed by atoms with Gasteiger partial charge in [-0.1, -0.05) is 29.5 Å². The largest absolute Gasteiger partial charge is 0.322 e. The molecule has 1 unspecified atom stereocenters. The van der Waals surface area contributed by atoms with E-state index < -0.39 is 11.7 Å². The summed E-state index contributed by atoms with van der Waals surface area (Å²) in [5.74, 6) is -0.897. The molecule has 0 radical (unpaired) electrons. The van der Waals surface area contributed by atoms with Crippen LogP contribution in [0.3, 0.4) is 0 Å². The van der Waals surface area contributed by atoms with E-state index >= 15 is 0 Å². The van der Waals surface area contributed by atoms with Gasteiger partial charge in [-0.3, -0.25) is 4.79 Å². The average molecular weight is 440 g/mol. The molecule has 2 N–H and O–H groups in total. The molecular weight excluding hydrogens is 417 g/mol. The van der Waals surface area contributed by atoms with E-state index in [1.165, 1.54) is 18.2 Å². The van der Waals surface area contributed by atoms with E-state index in [0.29, 0.717) is 17.2 Å². The molecule has 0 aliphatic carbocycles. The lowest BCUT2D eigenvalue weighted by Gasteiger charge is -2.23. The summed E-state index contributed by atoms with van der Waals surface area (Å²) >= 11 is 1.15. The van der Waals surface area contributed by atoms with Gasteiger partial charge in [-0.05, 0) is 62.1 Å². The minimum Gasteiger partial charge on any atom is -0.320 e. The summed E-state index contributed by atoms with van der Waals surface area (Å²) < 4.78 is 13.3. The third-order valence-corrected chi connectivity index (χ3v) is 6.39. The first kappa shape index (κ1) is 20.9. The zero-order valence-corrected chi connectivity index (χ0v) is 18.0. The van der Waals surface area contributed by atoms with Crippen LogP contribution in [0.15, 0.2) is 42.5 Å². The maximum absolute atomic E-state index is 13.3. The third kappa shape index (κ3) is 4.56. The van der Waals surface area contributed by atoms with Crippen molar-refractivity contribution < 1.29 is 14.0 Å². The van der Waals surface area contributed by atoms with E-state index in [1.54, 1.807) is 11.0 Å². The van der Waals surface area contributed by atoms with Crippen molar-refractivity contribution in [1.82, 2.24) is 15.1 Å². The first-order valence-electron chi connectivity index (χ1n) is 9.96. The van der Waals surface area contributed by atoms with Crippen molar-refractivity contribution in [3.05, 3.63) is 69.4 Å². The summed E-state index contributed by atoms with van der Waals surface area (Å²) in [5, 5.41) is 14.5. The molecule has 1 aliphatic rings. The molecule has 2 aromatic carbocycles. The first-order valence-corrected chi connectivity index (χ1v) is 10.8. The maximum Gasteiger partial charge on any atom is 0.322 e. The van der Waals surface area contributed by atoms with Gasteiger partial charge in [0.25, 0.3) is 5.91 Å². The molecule has 1 atom stereocenters. The standard InChI is InChI=1S/C22H22FN5O2S/c1-13-6-3-9-17(14(13)2)25-22(30)28-11-5-10-18(28)20-26-27-21(31-20)19(29)24-16-8-4-7-15(23)12-16/h3-4,6-9,12,18H,5,10-11H2,1-2H3,(H,24,29)(H,25,30). The summed E-state index contributed by atoms with van der Waals surface area (Å²) in [6, 6.07) is 11.0. The lowest BCUT2D eigenvalue weighted by Crippen LogP contribution is -2.34. The zero-order valence-electron chi connectivity index (χ0n) is 17.2. The number of rotatable bonds is 4. The number of nitrogens with zero attached hydrogens (tertiary/aromatic N) is 3. The van der Waals surface area contributed by atoms with Crippen LogP contribution in [0.1, 0.15) is 44.8 Å². The molecule has 0 saturated carbocycles. The second-order valence-electron chi connectivity index (χ2n) is 7.44. The van der Waals surface area contributed by atoms with Crippen molar-refractivity contribution in [3.63, 3.8) is 0 Å². The maximum atomic E-state index is 13.3. The van der Waals surface area contributed by atoms with Crippen molar-refractivity contribution in [1.29, 1.82) is 0 Å². The predicted octanol–water partition coefficient (Wildman–Crippen LogP) is 4.92. The van der Waals surface area contributed by atoms with Gasteiger partial charge in [0.2, 0.25) is 5.01 Å². The van der Waals surface area contributed by atoms with Gasteiger partial charge in [-0.15, -0.1) is 10.2 Å². The molecule has 3 aromatic rings. The molecule has 1 aliphatic heterocycles. The van der Waals surface area contributed by atoms with Gasteiger partial charge >= 0.3 is 6.03 Å². The number of aromatic nitrogens is 2. The number of aryl methyl sites for hydroxylation is 1. The number of likely N-dealkylation sites (tertiary alicyclic amines) is 1. The second-order valence-corrected chi connectivity index (χ2v) is 8.45. The lowest BCUT2D eigenvalue weighted by atomic mass is 10.1. The predicted molar refractivity (Wildman–Crippen MR) is 118 cm³/mol. The molecule has 0 bridgehead atoms. The minimum atomic E-state index is -0.460. The van der Waals surface area contributed by atoms with E-state index in [1.807, 2.05) is 32.0 Å². The van der Waals surface area contributed by atoms with E-state index in [2.05, 4.69) is 20.8 Å². The van der Waals surface area contributed by atoms with Crippen molar-refractivity contribution >= 4 is 34.6 Å². The monoisotopic (exact) mass is 439 g/mol. The molecule has 1 fully saturated rings. The molecule has 4 rings (SSSR count). The van der Waals surface area contributed by atoms with Gasteiger partial charge in [-0.2, -0.15) is 0 Å². The fraction of sp³-hybridized carbons (Fsp3) is 0.273. The van der Waals surface area contributed by atoms with E-state index in [0.717, 1.165) is 41.0 Å². The molecule has 0 spiro atoms. The van der Waals surface area contributed by atoms with Crippen LogP contribution >= 0.6 is 11.3 Å². The number of benzene rings is 2. The number of anilines is 2. The highest BCUT2D eigenvalue weighted by atomic mass is 32.1. The lowest BCUT2D eigenvalue weighted by molar-refractivity contribution is 0.102. The number of nitrogens with one attached hydrogen (secondary N) is 2. The van der Waals surface area contributed by atoms with Gasteiger partial charge in [-0.25, -0.2) is 9.18 Å². The first-order chi connectivity index (χ1) is 14.9. The Morgan fingerprint density at radius 3 is 2.74 bits per heavy atom. The number of carbonyl (C=O) groups excluding carboxylic acids is 2. The topological polar surface area (TPSA) is 87.2 Å². The Labute approximate surface area is 183 Å². The van der Waals surface area contributed by atoms with Crippen molar-refractivity contribution in [2.24, 2.45) is 0 Å². The second kappa shape index (κ2) is 8.81. The van der Waals surface area contributed by atoms with Crippen LogP contribution in [0.5, 0.6) is 0 Å². The van der Waals surface area contributed by atoms with Gasteiger partial charge in [0.05, 0.1) is 6.04 Å². The Hall–Kier alpha value is -3.33. The Kier molecular flexibility index (Phi) is 5.94. The molecule has 7 nitrogen and oxygen atoms in total. The summed E-state index contributed by atoms with van der Waals surface area (Å²) in [6.45, 7) is 4.58. The van der Waals surface area contributed by atoms with E-state index in [9.17, 15) is 14.0 Å². The van der Waals surface area contributed by atoms with Crippen molar-refractivity contribution in [3.8, 4) is 0 Å². The number of hydrogen-bond acceptors (Lipinski definition) is 5. The van der Waals surface area contributed by atoms with Crippen LogP contribution in [-0.2, 0) is 0 Å². The molecule has 1 aromatic heterocycles. The van der Waals surface area contributed by atoms with Gasteiger partial charge in [0, 0.05) is 17.9 Å². The molecular formula is C22H22FN5O2S. The quantitative estimate of drug-likeness (QED) is 0.604. The van der Waals surface area contributed by atoms with Crippen LogP contribution in [-0.4, -0.2) is 33.6 Å².